The summed E-state index contributed by atoms with van der Waals surface area (Å²) in [5, 5.41) is 4.57. The summed E-state index contributed by atoms with van der Waals surface area (Å²) in [6.07, 6.45) is 0. The lowest BCUT2D eigenvalue weighted by atomic mass is 10.0. The van der Waals surface area contributed by atoms with Gasteiger partial charge in [-0.25, -0.2) is 4.98 Å². The minimum Gasteiger partial charge on any atom is -0.436 e. The summed E-state index contributed by atoms with van der Waals surface area (Å²) in [6, 6.07) is 66.4. The zero-order valence-electron chi connectivity index (χ0n) is 27.6. The third kappa shape index (κ3) is 4.88. The first-order valence-electron chi connectivity index (χ1n) is 17.2. The quantitative estimate of drug-likeness (QED) is 0.179. The van der Waals surface area contributed by atoms with Gasteiger partial charge in [0.2, 0.25) is 5.89 Å². The van der Waals surface area contributed by atoms with Gasteiger partial charge in [-0.2, -0.15) is 0 Å². The van der Waals surface area contributed by atoms with E-state index in [-0.39, 0.29) is 0 Å². The van der Waals surface area contributed by atoms with Crippen LogP contribution in [0.25, 0.3) is 71.9 Å². The van der Waals surface area contributed by atoms with Crippen molar-refractivity contribution in [1.29, 1.82) is 0 Å². The number of benzene rings is 8. The van der Waals surface area contributed by atoms with E-state index in [0.717, 1.165) is 55.7 Å². The highest BCUT2D eigenvalue weighted by Gasteiger charge is 2.21. The van der Waals surface area contributed by atoms with Crippen molar-refractivity contribution in [3.8, 4) is 28.3 Å². The molecule has 0 fully saturated rings. The van der Waals surface area contributed by atoms with E-state index in [1.807, 2.05) is 36.4 Å². The van der Waals surface area contributed by atoms with Crippen LogP contribution in [0.2, 0.25) is 0 Å². The molecule has 0 aliphatic rings. The summed E-state index contributed by atoms with van der Waals surface area (Å²) < 4.78 is 8.59. The Morgan fingerprint density at radius 3 is 1.94 bits per heavy atom. The molecule has 8 aromatic carbocycles. The minimum atomic E-state index is 0.628. The molecule has 10 aromatic rings. The molecule has 0 radical (unpaired) electrons. The Bertz CT molecular complexity index is 2850. The van der Waals surface area contributed by atoms with Crippen LogP contribution in [0.15, 0.2) is 192 Å². The molecule has 2 heterocycles. The molecule has 0 saturated carbocycles. The van der Waals surface area contributed by atoms with Crippen molar-refractivity contribution in [2.45, 2.75) is 0 Å². The van der Waals surface area contributed by atoms with Gasteiger partial charge in [-0.15, -0.1) is 0 Å². The second-order valence-electron chi connectivity index (χ2n) is 12.8. The van der Waals surface area contributed by atoms with E-state index in [4.69, 9.17) is 9.40 Å². The summed E-state index contributed by atoms with van der Waals surface area (Å²) in [6.45, 7) is 0. The molecular formula is C47H31N3O. The van der Waals surface area contributed by atoms with Gasteiger partial charge in [-0.05, 0) is 89.8 Å². The van der Waals surface area contributed by atoms with Crippen LogP contribution in [0.3, 0.4) is 0 Å². The zero-order chi connectivity index (χ0) is 33.7. The smallest absolute Gasteiger partial charge is 0.227 e. The molecule has 0 bridgehead atoms. The Balaban J connectivity index is 1.20. The number of hydrogen-bond donors (Lipinski definition) is 0. The van der Waals surface area contributed by atoms with Crippen LogP contribution < -0.4 is 4.90 Å². The number of rotatable bonds is 6. The first kappa shape index (κ1) is 29.0. The monoisotopic (exact) mass is 653 g/mol. The van der Waals surface area contributed by atoms with Crippen molar-refractivity contribution in [1.82, 2.24) is 9.55 Å². The average molecular weight is 654 g/mol. The van der Waals surface area contributed by atoms with Crippen molar-refractivity contribution >= 4 is 60.7 Å². The summed E-state index contributed by atoms with van der Waals surface area (Å²) in [7, 11) is 0. The molecule has 0 atom stereocenters. The molecule has 10 rings (SSSR count). The molecule has 0 amide bonds. The van der Waals surface area contributed by atoms with E-state index in [1.54, 1.807) is 0 Å². The first-order valence-corrected chi connectivity index (χ1v) is 17.2. The molecule has 2 aromatic heterocycles. The van der Waals surface area contributed by atoms with Crippen molar-refractivity contribution in [3.63, 3.8) is 0 Å². The predicted molar refractivity (Wildman–Crippen MR) is 211 cm³/mol. The maximum atomic E-state index is 6.23. The molecule has 4 heteroatoms. The number of oxazole rings is 1. The lowest BCUT2D eigenvalue weighted by Gasteiger charge is -2.28. The molecule has 0 aliphatic heterocycles. The largest absolute Gasteiger partial charge is 0.436 e. The number of para-hydroxylation sites is 3. The van der Waals surface area contributed by atoms with Gasteiger partial charge in [0.05, 0.1) is 16.7 Å². The van der Waals surface area contributed by atoms with E-state index < -0.39 is 0 Å². The average Bonchev–Trinajstić information content (AvgIpc) is 3.79. The van der Waals surface area contributed by atoms with Gasteiger partial charge in [-0.1, -0.05) is 109 Å². The van der Waals surface area contributed by atoms with Gasteiger partial charge in [0.1, 0.15) is 5.52 Å². The third-order valence-corrected chi connectivity index (χ3v) is 9.80. The standard InChI is InChI=1S/C47H31N3O/c1-4-14-32(15-5-1)38-20-10-12-22-42(38)49(36-25-27-39-34(30-36)24-29-45-46(39)48-47(51-45)33-16-6-2-7-17-33)37-26-28-44-41(31-37)40-21-11-13-23-43(40)50(44)35-18-8-3-9-19-35/h1-31H. The predicted octanol–water partition coefficient (Wildman–Crippen LogP) is 12.9. The number of aromatic nitrogens is 2. The second-order valence-corrected chi connectivity index (χ2v) is 12.8. The molecule has 0 N–H and O–H groups in total. The van der Waals surface area contributed by atoms with Crippen LogP contribution in [-0.2, 0) is 0 Å². The Kier molecular flexibility index (Phi) is 6.78. The number of hydrogen-bond acceptors (Lipinski definition) is 3. The molecule has 240 valence electrons. The van der Waals surface area contributed by atoms with Crippen LogP contribution in [0.5, 0.6) is 0 Å². The first-order chi connectivity index (χ1) is 25.3. The maximum absolute atomic E-state index is 6.23. The van der Waals surface area contributed by atoms with Gasteiger partial charge >= 0.3 is 0 Å². The van der Waals surface area contributed by atoms with Gasteiger partial charge in [0, 0.05) is 44.3 Å². The van der Waals surface area contributed by atoms with E-state index >= 15 is 0 Å². The normalized spacial score (nSPS) is 11.5. The molecule has 0 aliphatic carbocycles. The van der Waals surface area contributed by atoms with Crippen LogP contribution in [0, 0.1) is 0 Å². The van der Waals surface area contributed by atoms with Crippen molar-refractivity contribution in [3.05, 3.63) is 188 Å². The minimum absolute atomic E-state index is 0.628. The highest BCUT2D eigenvalue weighted by molar-refractivity contribution is 6.11. The number of anilines is 3. The van der Waals surface area contributed by atoms with Crippen molar-refractivity contribution in [2.24, 2.45) is 0 Å². The van der Waals surface area contributed by atoms with E-state index in [9.17, 15) is 0 Å². The van der Waals surface area contributed by atoms with E-state index in [0.29, 0.717) is 5.89 Å². The SMILES string of the molecule is c1ccc(-c2nc3c(ccc4cc(N(c5ccc6c(c5)c5ccccc5n6-c5ccccc5)c5ccccc5-c5ccccc5)ccc43)o2)cc1. The Hall–Kier alpha value is -6.91. The van der Waals surface area contributed by atoms with Crippen LogP contribution in [0.4, 0.5) is 17.1 Å². The summed E-state index contributed by atoms with van der Waals surface area (Å²) >= 11 is 0. The van der Waals surface area contributed by atoms with Crippen LogP contribution >= 0.6 is 0 Å². The van der Waals surface area contributed by atoms with E-state index in [2.05, 4.69) is 161 Å². The topological polar surface area (TPSA) is 34.2 Å². The maximum Gasteiger partial charge on any atom is 0.227 e. The second kappa shape index (κ2) is 11.9. The summed E-state index contributed by atoms with van der Waals surface area (Å²) in [5.41, 5.74) is 11.7. The Morgan fingerprint density at radius 1 is 0.471 bits per heavy atom. The lowest BCUT2D eigenvalue weighted by molar-refractivity contribution is 0.620. The highest BCUT2D eigenvalue weighted by atomic mass is 16.3. The van der Waals surface area contributed by atoms with Gasteiger partial charge in [-0.3, -0.25) is 0 Å². The molecule has 0 spiro atoms. The van der Waals surface area contributed by atoms with Gasteiger partial charge in [0.25, 0.3) is 0 Å². The molecule has 4 nitrogen and oxygen atoms in total. The number of fused-ring (bicyclic) bond motifs is 6. The lowest BCUT2D eigenvalue weighted by Crippen LogP contribution is -2.11. The van der Waals surface area contributed by atoms with Gasteiger partial charge in [0.15, 0.2) is 5.58 Å². The Morgan fingerprint density at radius 2 is 1.12 bits per heavy atom. The Labute approximate surface area is 295 Å². The van der Waals surface area contributed by atoms with Crippen LogP contribution in [0.1, 0.15) is 0 Å². The summed E-state index contributed by atoms with van der Waals surface area (Å²) in [4.78, 5) is 7.35. The van der Waals surface area contributed by atoms with Crippen molar-refractivity contribution in [2.75, 3.05) is 4.90 Å². The van der Waals surface area contributed by atoms with E-state index in [1.165, 1.54) is 27.4 Å². The molecule has 0 unspecified atom stereocenters. The molecule has 51 heavy (non-hydrogen) atoms. The third-order valence-electron chi connectivity index (χ3n) is 9.80. The highest BCUT2D eigenvalue weighted by Crippen LogP contribution is 2.44. The molecule has 0 saturated heterocycles. The zero-order valence-corrected chi connectivity index (χ0v) is 27.6. The van der Waals surface area contributed by atoms with Crippen LogP contribution in [-0.4, -0.2) is 9.55 Å². The molecular weight excluding hydrogens is 623 g/mol. The fraction of sp³-hybridized carbons (Fsp3) is 0. The fourth-order valence-electron chi connectivity index (χ4n) is 7.46. The van der Waals surface area contributed by atoms with Gasteiger partial charge < -0.3 is 13.9 Å². The fourth-order valence-corrected chi connectivity index (χ4v) is 7.46. The summed E-state index contributed by atoms with van der Waals surface area (Å²) in [5.74, 6) is 0.628. The number of nitrogens with zero attached hydrogens (tertiary/aromatic N) is 3. The van der Waals surface area contributed by atoms with Crippen molar-refractivity contribution < 1.29 is 4.42 Å².